The monoisotopic (exact) mass is 376 g/mol. The molecule has 0 aromatic rings. The van der Waals surface area contributed by atoms with E-state index in [0.717, 1.165) is 19.3 Å². The van der Waals surface area contributed by atoms with Crippen LogP contribution in [0.5, 0.6) is 0 Å². The highest BCUT2D eigenvalue weighted by molar-refractivity contribution is 9.29. The van der Waals surface area contributed by atoms with Crippen LogP contribution >= 0.6 is 47.8 Å². The largest absolute Gasteiger partial charge is 0.462 e. The first-order valence-corrected chi connectivity index (χ1v) is 6.35. The van der Waals surface area contributed by atoms with Gasteiger partial charge in [-0.15, -0.1) is 0 Å². The predicted molar refractivity (Wildman–Crippen MR) is 64.3 cm³/mol. The number of hydrogen-bond donors (Lipinski definition) is 0. The Morgan fingerprint density at radius 3 is 2.31 bits per heavy atom. The van der Waals surface area contributed by atoms with Gasteiger partial charge in [0, 0.05) is 0 Å². The van der Waals surface area contributed by atoms with Gasteiger partial charge in [0.1, 0.15) is 4.48 Å². The molecule has 0 heterocycles. The van der Waals surface area contributed by atoms with Gasteiger partial charge >= 0.3 is 5.97 Å². The Hall–Kier alpha value is 0.650. The van der Waals surface area contributed by atoms with Crippen molar-refractivity contribution in [3.05, 3.63) is 7.87 Å². The minimum absolute atomic E-state index is 0.347. The Kier molecular flexibility index (Phi) is 8.40. The van der Waals surface area contributed by atoms with Crippen molar-refractivity contribution in [2.75, 3.05) is 6.61 Å². The molecular formula is C8H11Br3O2. The van der Waals surface area contributed by atoms with Crippen molar-refractivity contribution in [1.82, 2.24) is 0 Å². The summed E-state index contributed by atoms with van der Waals surface area (Å²) in [6.07, 6.45) is 3.13. The molecule has 0 bridgehead atoms. The molecule has 0 aromatic carbocycles. The summed E-state index contributed by atoms with van der Waals surface area (Å²) in [5, 5.41) is 0. The van der Waals surface area contributed by atoms with Crippen LogP contribution in [0, 0.1) is 0 Å². The maximum absolute atomic E-state index is 11.2. The molecule has 0 rings (SSSR count). The summed E-state index contributed by atoms with van der Waals surface area (Å²) >= 11 is 9.31. The van der Waals surface area contributed by atoms with Gasteiger partial charge in [0.05, 0.1) is 10.00 Å². The van der Waals surface area contributed by atoms with Crippen LogP contribution in [0.15, 0.2) is 7.87 Å². The Morgan fingerprint density at radius 2 is 1.85 bits per heavy atom. The van der Waals surface area contributed by atoms with Gasteiger partial charge in [0.15, 0.2) is 0 Å². The lowest BCUT2D eigenvalue weighted by atomic mass is 10.3. The van der Waals surface area contributed by atoms with Gasteiger partial charge in [-0.2, -0.15) is 0 Å². The van der Waals surface area contributed by atoms with Crippen LogP contribution in [0.4, 0.5) is 0 Å². The van der Waals surface area contributed by atoms with Crippen molar-refractivity contribution >= 4 is 53.8 Å². The maximum Gasteiger partial charge on any atom is 0.346 e. The minimum atomic E-state index is -0.347. The molecule has 0 aliphatic carbocycles. The standard InChI is InChI=1S/C8H11Br3O2/c1-2-3-4-5-13-8(12)6(9)7(10)11/h2-5H2,1H3. The summed E-state index contributed by atoms with van der Waals surface area (Å²) < 4.78 is 5.91. The Labute approximate surface area is 103 Å². The van der Waals surface area contributed by atoms with Gasteiger partial charge in [-0.05, 0) is 54.2 Å². The first-order valence-electron chi connectivity index (χ1n) is 3.97. The topological polar surface area (TPSA) is 26.3 Å². The molecule has 0 atom stereocenters. The predicted octanol–water partition coefficient (Wildman–Crippen LogP) is 4.07. The zero-order valence-corrected chi connectivity index (χ0v) is 12.0. The van der Waals surface area contributed by atoms with E-state index in [2.05, 4.69) is 54.7 Å². The summed E-state index contributed by atoms with van der Waals surface area (Å²) in [5.41, 5.74) is 0. The fraction of sp³-hybridized carbons (Fsp3) is 0.625. The number of esters is 1. The average molecular weight is 379 g/mol. The fourth-order valence-electron chi connectivity index (χ4n) is 0.657. The third kappa shape index (κ3) is 6.69. The number of rotatable bonds is 5. The van der Waals surface area contributed by atoms with Crippen LogP contribution in [0.1, 0.15) is 26.2 Å². The quantitative estimate of drug-likeness (QED) is 0.409. The highest BCUT2D eigenvalue weighted by atomic mass is 79.9. The van der Waals surface area contributed by atoms with Crippen molar-refractivity contribution in [2.24, 2.45) is 0 Å². The summed E-state index contributed by atoms with van der Waals surface area (Å²) in [5.74, 6) is -0.347. The lowest BCUT2D eigenvalue weighted by Gasteiger charge is -2.02. The second-order valence-corrected chi connectivity index (χ2v) is 5.86. The highest BCUT2D eigenvalue weighted by Crippen LogP contribution is 2.24. The summed E-state index contributed by atoms with van der Waals surface area (Å²) in [7, 11) is 0. The van der Waals surface area contributed by atoms with Crippen molar-refractivity contribution in [1.29, 1.82) is 0 Å². The van der Waals surface area contributed by atoms with Crippen LogP contribution in [-0.2, 0) is 9.53 Å². The van der Waals surface area contributed by atoms with Crippen molar-refractivity contribution in [3.8, 4) is 0 Å². The van der Waals surface area contributed by atoms with Crippen molar-refractivity contribution < 1.29 is 9.53 Å². The molecular weight excluding hydrogens is 368 g/mol. The van der Waals surface area contributed by atoms with Crippen molar-refractivity contribution in [3.63, 3.8) is 0 Å². The number of ether oxygens (including phenoxy) is 1. The van der Waals surface area contributed by atoms with E-state index in [1.165, 1.54) is 0 Å². The van der Waals surface area contributed by atoms with E-state index in [0.29, 0.717) is 14.5 Å². The number of carbonyl (C=O) groups excluding carboxylic acids is 1. The molecule has 0 aliphatic rings. The number of carbonyl (C=O) groups is 1. The van der Waals surface area contributed by atoms with Crippen LogP contribution in [0.25, 0.3) is 0 Å². The van der Waals surface area contributed by atoms with Gasteiger partial charge in [-0.1, -0.05) is 19.8 Å². The van der Waals surface area contributed by atoms with Crippen LogP contribution in [0.3, 0.4) is 0 Å². The molecule has 0 spiro atoms. The summed E-state index contributed by atoms with van der Waals surface area (Å²) in [6.45, 7) is 2.59. The molecule has 13 heavy (non-hydrogen) atoms. The second-order valence-electron chi connectivity index (χ2n) is 2.42. The zero-order chi connectivity index (χ0) is 10.3. The fourth-order valence-corrected chi connectivity index (χ4v) is 1.10. The Bertz CT molecular complexity index is 198. The SMILES string of the molecule is CCCCCOC(=O)C(Br)=C(Br)Br. The molecule has 2 nitrogen and oxygen atoms in total. The van der Waals surface area contributed by atoms with Gasteiger partial charge < -0.3 is 4.74 Å². The minimum Gasteiger partial charge on any atom is -0.462 e. The molecule has 0 fully saturated rings. The third-order valence-electron chi connectivity index (χ3n) is 1.33. The maximum atomic E-state index is 11.2. The summed E-state index contributed by atoms with van der Waals surface area (Å²) in [6, 6.07) is 0. The van der Waals surface area contributed by atoms with E-state index in [4.69, 9.17) is 4.74 Å². The molecule has 0 saturated heterocycles. The van der Waals surface area contributed by atoms with E-state index in [-0.39, 0.29) is 5.97 Å². The second kappa shape index (κ2) is 8.00. The molecule has 0 amide bonds. The van der Waals surface area contributed by atoms with E-state index >= 15 is 0 Å². The smallest absolute Gasteiger partial charge is 0.346 e. The number of unbranched alkanes of at least 4 members (excludes halogenated alkanes) is 2. The molecule has 5 heteroatoms. The molecule has 0 N–H and O–H groups in total. The average Bonchev–Trinajstić information content (AvgIpc) is 2.10. The molecule has 0 aliphatic heterocycles. The molecule has 0 saturated carbocycles. The van der Waals surface area contributed by atoms with E-state index in [1.54, 1.807) is 0 Å². The van der Waals surface area contributed by atoms with Gasteiger partial charge in [0.2, 0.25) is 0 Å². The number of hydrogen-bond acceptors (Lipinski definition) is 2. The third-order valence-corrected chi connectivity index (χ3v) is 3.90. The molecule has 76 valence electrons. The van der Waals surface area contributed by atoms with Crippen LogP contribution in [-0.4, -0.2) is 12.6 Å². The van der Waals surface area contributed by atoms with E-state index in [9.17, 15) is 4.79 Å². The zero-order valence-electron chi connectivity index (χ0n) is 7.28. The highest BCUT2D eigenvalue weighted by Gasteiger charge is 2.10. The Balaban J connectivity index is 3.70. The number of halogens is 3. The van der Waals surface area contributed by atoms with Crippen LogP contribution < -0.4 is 0 Å². The van der Waals surface area contributed by atoms with Gasteiger partial charge in [0.25, 0.3) is 0 Å². The van der Waals surface area contributed by atoms with E-state index < -0.39 is 0 Å². The van der Waals surface area contributed by atoms with Gasteiger partial charge in [-0.25, -0.2) is 4.79 Å². The van der Waals surface area contributed by atoms with Crippen molar-refractivity contribution in [2.45, 2.75) is 26.2 Å². The van der Waals surface area contributed by atoms with E-state index in [1.807, 2.05) is 0 Å². The normalized spacial score (nSPS) is 9.54. The lowest BCUT2D eigenvalue weighted by molar-refractivity contribution is -0.138. The lowest BCUT2D eigenvalue weighted by Crippen LogP contribution is -2.05. The molecule has 0 radical (unpaired) electrons. The first-order chi connectivity index (χ1) is 6.09. The first kappa shape index (κ1) is 13.7. The van der Waals surface area contributed by atoms with Gasteiger partial charge in [-0.3, -0.25) is 0 Å². The Morgan fingerprint density at radius 1 is 1.23 bits per heavy atom. The summed E-state index contributed by atoms with van der Waals surface area (Å²) in [4.78, 5) is 11.2. The molecule has 0 unspecified atom stereocenters. The van der Waals surface area contributed by atoms with Crippen LogP contribution in [0.2, 0.25) is 0 Å². The molecule has 0 aromatic heterocycles.